The predicted octanol–water partition coefficient (Wildman–Crippen LogP) is 2.89. The molecule has 3 aromatic rings. The standard InChI is InChI=1S/C19H22N6O2S/c1-14-11-16(23-27-14)20-18(26)13-28-19-22-21-17(12-24-9-5-6-10-24)25(19)15-7-3-2-4-8-15/h2-4,7-8,11H,5-6,9-10,12-13H2,1H3,(H,20,23,26). The molecule has 3 heterocycles. The molecule has 0 atom stereocenters. The summed E-state index contributed by atoms with van der Waals surface area (Å²) in [5.41, 5.74) is 0.997. The van der Waals surface area contributed by atoms with Crippen molar-refractivity contribution >= 4 is 23.5 Å². The van der Waals surface area contributed by atoms with Gasteiger partial charge in [-0.05, 0) is 45.0 Å². The maximum atomic E-state index is 12.2. The van der Waals surface area contributed by atoms with Crippen molar-refractivity contribution in [1.82, 2.24) is 24.8 Å². The number of anilines is 1. The second kappa shape index (κ2) is 8.57. The molecule has 1 fully saturated rings. The molecule has 0 unspecified atom stereocenters. The van der Waals surface area contributed by atoms with Gasteiger partial charge in [0.05, 0.1) is 12.3 Å². The Morgan fingerprint density at radius 1 is 1.21 bits per heavy atom. The van der Waals surface area contributed by atoms with E-state index in [2.05, 4.69) is 25.6 Å². The Balaban J connectivity index is 1.49. The molecule has 8 nitrogen and oxygen atoms in total. The van der Waals surface area contributed by atoms with Crippen LogP contribution in [-0.4, -0.2) is 49.6 Å². The quantitative estimate of drug-likeness (QED) is 0.612. The van der Waals surface area contributed by atoms with Gasteiger partial charge in [-0.3, -0.25) is 14.3 Å². The highest BCUT2D eigenvalue weighted by atomic mass is 32.2. The summed E-state index contributed by atoms with van der Waals surface area (Å²) in [5.74, 6) is 2.01. The largest absolute Gasteiger partial charge is 0.360 e. The number of aromatic nitrogens is 4. The molecule has 146 valence electrons. The first kappa shape index (κ1) is 18.7. The van der Waals surface area contributed by atoms with Gasteiger partial charge in [-0.25, -0.2) is 0 Å². The van der Waals surface area contributed by atoms with Crippen LogP contribution in [0.1, 0.15) is 24.4 Å². The monoisotopic (exact) mass is 398 g/mol. The van der Waals surface area contributed by atoms with Crippen LogP contribution in [0.5, 0.6) is 0 Å². The van der Waals surface area contributed by atoms with Crippen LogP contribution in [0.2, 0.25) is 0 Å². The second-order valence-corrected chi connectivity index (χ2v) is 7.66. The van der Waals surface area contributed by atoms with Crippen LogP contribution in [0.15, 0.2) is 46.1 Å². The molecular weight excluding hydrogens is 376 g/mol. The van der Waals surface area contributed by atoms with E-state index in [0.29, 0.717) is 16.7 Å². The lowest BCUT2D eigenvalue weighted by Gasteiger charge is -2.15. The third-order valence-corrected chi connectivity index (χ3v) is 5.44. The minimum absolute atomic E-state index is 0.165. The number of nitrogens with one attached hydrogen (secondary N) is 1. The zero-order valence-electron chi connectivity index (χ0n) is 15.7. The van der Waals surface area contributed by atoms with E-state index in [9.17, 15) is 4.79 Å². The number of thioether (sulfide) groups is 1. The summed E-state index contributed by atoms with van der Waals surface area (Å²) in [6.07, 6.45) is 2.45. The number of para-hydroxylation sites is 1. The van der Waals surface area contributed by atoms with E-state index in [4.69, 9.17) is 4.52 Å². The average molecular weight is 398 g/mol. The third kappa shape index (κ3) is 4.42. The van der Waals surface area contributed by atoms with Gasteiger partial charge in [-0.2, -0.15) is 0 Å². The number of benzene rings is 1. The van der Waals surface area contributed by atoms with Gasteiger partial charge in [0.15, 0.2) is 16.8 Å². The van der Waals surface area contributed by atoms with Crippen LogP contribution >= 0.6 is 11.8 Å². The first-order valence-corrected chi connectivity index (χ1v) is 10.3. The number of aryl methyl sites for hydroxylation is 1. The zero-order valence-corrected chi connectivity index (χ0v) is 16.5. The van der Waals surface area contributed by atoms with Gasteiger partial charge in [-0.1, -0.05) is 35.1 Å². The lowest BCUT2D eigenvalue weighted by Crippen LogP contribution is -2.21. The minimum atomic E-state index is -0.165. The third-order valence-electron chi connectivity index (χ3n) is 4.51. The van der Waals surface area contributed by atoms with Gasteiger partial charge in [0.25, 0.3) is 0 Å². The zero-order chi connectivity index (χ0) is 19.3. The summed E-state index contributed by atoms with van der Waals surface area (Å²) in [4.78, 5) is 14.6. The second-order valence-electron chi connectivity index (χ2n) is 6.71. The molecule has 4 rings (SSSR count). The molecule has 9 heteroatoms. The Labute approximate surface area is 167 Å². The summed E-state index contributed by atoms with van der Waals surface area (Å²) >= 11 is 1.36. The highest BCUT2D eigenvalue weighted by Gasteiger charge is 2.20. The Hall–Kier alpha value is -2.65. The first-order valence-electron chi connectivity index (χ1n) is 9.27. The molecule has 1 amide bonds. The summed E-state index contributed by atoms with van der Waals surface area (Å²) in [7, 11) is 0. The van der Waals surface area contributed by atoms with Gasteiger partial charge in [0, 0.05) is 11.8 Å². The van der Waals surface area contributed by atoms with E-state index < -0.39 is 0 Å². The molecule has 1 saturated heterocycles. The van der Waals surface area contributed by atoms with E-state index in [-0.39, 0.29) is 11.7 Å². The smallest absolute Gasteiger partial charge is 0.236 e. The molecule has 1 aliphatic rings. The fourth-order valence-corrected chi connectivity index (χ4v) is 3.98. The summed E-state index contributed by atoms with van der Waals surface area (Å²) < 4.78 is 7.01. The maximum absolute atomic E-state index is 12.2. The van der Waals surface area contributed by atoms with Gasteiger partial charge in [0.1, 0.15) is 5.76 Å². The molecule has 28 heavy (non-hydrogen) atoms. The number of carbonyl (C=O) groups excluding carboxylic acids is 1. The fourth-order valence-electron chi connectivity index (χ4n) is 3.21. The minimum Gasteiger partial charge on any atom is -0.360 e. The number of hydrogen-bond donors (Lipinski definition) is 1. The first-order chi connectivity index (χ1) is 13.7. The molecule has 0 spiro atoms. The summed E-state index contributed by atoms with van der Waals surface area (Å²) in [6, 6.07) is 11.7. The van der Waals surface area contributed by atoms with Gasteiger partial charge < -0.3 is 9.84 Å². The van der Waals surface area contributed by atoms with Crippen LogP contribution in [0.25, 0.3) is 5.69 Å². The Kier molecular flexibility index (Phi) is 5.73. The van der Waals surface area contributed by atoms with Gasteiger partial charge in [-0.15, -0.1) is 10.2 Å². The van der Waals surface area contributed by atoms with Crippen LogP contribution in [0, 0.1) is 6.92 Å². The SMILES string of the molecule is Cc1cc(NC(=O)CSc2nnc(CN3CCCC3)n2-c2ccccc2)no1. The molecule has 0 saturated carbocycles. The van der Waals surface area contributed by atoms with Crippen molar-refractivity contribution in [1.29, 1.82) is 0 Å². The highest BCUT2D eigenvalue weighted by molar-refractivity contribution is 7.99. The van der Waals surface area contributed by atoms with Crippen LogP contribution < -0.4 is 5.32 Å². The van der Waals surface area contributed by atoms with Crippen LogP contribution in [-0.2, 0) is 11.3 Å². The fraction of sp³-hybridized carbons (Fsp3) is 0.368. The number of rotatable bonds is 7. The summed E-state index contributed by atoms with van der Waals surface area (Å²) in [6.45, 7) is 4.71. The number of amides is 1. The molecule has 1 N–H and O–H groups in total. The van der Waals surface area contributed by atoms with Crippen molar-refractivity contribution in [3.8, 4) is 5.69 Å². The molecule has 1 aromatic carbocycles. The lowest BCUT2D eigenvalue weighted by atomic mass is 10.3. The number of nitrogens with zero attached hydrogens (tertiary/aromatic N) is 5. The van der Waals surface area contributed by atoms with Crippen molar-refractivity contribution in [3.63, 3.8) is 0 Å². The van der Waals surface area contributed by atoms with Gasteiger partial charge in [0.2, 0.25) is 5.91 Å². The Morgan fingerprint density at radius 3 is 2.71 bits per heavy atom. The van der Waals surface area contributed by atoms with E-state index in [1.807, 2.05) is 34.9 Å². The van der Waals surface area contributed by atoms with E-state index in [1.165, 1.54) is 24.6 Å². The number of carbonyl (C=O) groups is 1. The molecule has 0 bridgehead atoms. The molecule has 0 aliphatic carbocycles. The predicted molar refractivity (Wildman–Crippen MR) is 106 cm³/mol. The maximum Gasteiger partial charge on any atom is 0.236 e. The number of likely N-dealkylation sites (tertiary alicyclic amines) is 1. The normalized spacial score (nSPS) is 14.5. The van der Waals surface area contributed by atoms with E-state index >= 15 is 0 Å². The molecule has 1 aliphatic heterocycles. The van der Waals surface area contributed by atoms with Crippen molar-refractivity contribution in [2.75, 3.05) is 24.2 Å². The van der Waals surface area contributed by atoms with E-state index in [0.717, 1.165) is 31.1 Å². The molecular formula is C19H22N6O2S. The van der Waals surface area contributed by atoms with E-state index in [1.54, 1.807) is 13.0 Å². The topological polar surface area (TPSA) is 89.1 Å². The number of hydrogen-bond acceptors (Lipinski definition) is 7. The molecule has 2 aromatic heterocycles. The van der Waals surface area contributed by atoms with Crippen LogP contribution in [0.3, 0.4) is 0 Å². The van der Waals surface area contributed by atoms with Crippen molar-refractivity contribution < 1.29 is 9.32 Å². The van der Waals surface area contributed by atoms with Crippen molar-refractivity contribution in [3.05, 3.63) is 48.0 Å². The van der Waals surface area contributed by atoms with Crippen LogP contribution in [0.4, 0.5) is 5.82 Å². The Bertz CT molecular complexity index is 933. The highest BCUT2D eigenvalue weighted by Crippen LogP contribution is 2.24. The Morgan fingerprint density at radius 2 is 2.00 bits per heavy atom. The van der Waals surface area contributed by atoms with Gasteiger partial charge >= 0.3 is 0 Å². The van der Waals surface area contributed by atoms with Crippen molar-refractivity contribution in [2.45, 2.75) is 31.5 Å². The summed E-state index contributed by atoms with van der Waals surface area (Å²) in [5, 5.41) is 16.0. The molecule has 0 radical (unpaired) electrons. The lowest BCUT2D eigenvalue weighted by molar-refractivity contribution is -0.113. The van der Waals surface area contributed by atoms with Crippen molar-refractivity contribution in [2.24, 2.45) is 0 Å². The average Bonchev–Trinajstić information content (AvgIpc) is 3.43.